The number of aromatic amines is 1. The molecule has 1 aromatic heterocycles. The number of halogens is 2. The van der Waals surface area contributed by atoms with Crippen molar-refractivity contribution in [1.29, 1.82) is 0 Å². The summed E-state index contributed by atoms with van der Waals surface area (Å²) >= 11 is 3.98. The van der Waals surface area contributed by atoms with Crippen LogP contribution in [0, 0.1) is 0 Å². The van der Waals surface area contributed by atoms with E-state index in [-0.39, 0.29) is 13.0 Å². The van der Waals surface area contributed by atoms with Crippen LogP contribution < -0.4 is 11.2 Å². The smallest absolute Gasteiger partial charge is 0.330 e. The molecule has 2 rings (SSSR count). The van der Waals surface area contributed by atoms with Gasteiger partial charge in [-0.25, -0.2) is 4.79 Å². The monoisotopic (exact) mass is 531 g/mol. The van der Waals surface area contributed by atoms with E-state index in [1.165, 1.54) is 10.8 Å². The molecule has 118 valence electrons. The maximum atomic E-state index is 12.0. The Morgan fingerprint density at radius 3 is 3.00 bits per heavy atom. The summed E-state index contributed by atoms with van der Waals surface area (Å²) in [4.78, 5) is 28.8. The van der Waals surface area contributed by atoms with Crippen LogP contribution in [0.25, 0.3) is 14.0 Å². The summed E-state index contributed by atoms with van der Waals surface area (Å²) in [5.74, 6) is 0. The lowest BCUT2D eigenvalue weighted by Gasteiger charge is -2.15. The molecule has 0 bridgehead atoms. The van der Waals surface area contributed by atoms with Crippen molar-refractivity contribution in [2.24, 2.45) is 5.11 Å². The fraction of sp³-hybridized carbons (Fsp3) is 0.455. The molecule has 0 saturated carbocycles. The lowest BCUT2D eigenvalue weighted by molar-refractivity contribution is -0.0271. The van der Waals surface area contributed by atoms with E-state index in [1.54, 1.807) is 4.08 Å². The molecule has 0 amide bonds. The predicted octanol–water partition coefficient (Wildman–Crippen LogP) is 1.66. The lowest BCUT2D eigenvalue weighted by Crippen LogP contribution is -2.33. The van der Waals surface area contributed by atoms with Gasteiger partial charge in [-0.3, -0.25) is 14.3 Å². The van der Waals surface area contributed by atoms with Gasteiger partial charge in [0.25, 0.3) is 5.56 Å². The average Bonchev–Trinajstić information content (AvgIpc) is 2.90. The van der Waals surface area contributed by atoms with Crippen molar-refractivity contribution < 1.29 is 9.84 Å². The van der Waals surface area contributed by atoms with Crippen molar-refractivity contribution in [3.63, 3.8) is 0 Å². The molecule has 1 aliphatic rings. The Hall–Kier alpha value is -0.890. The van der Waals surface area contributed by atoms with E-state index in [0.29, 0.717) is 9.14 Å². The van der Waals surface area contributed by atoms with Crippen LogP contribution >= 0.6 is 45.2 Å². The second kappa shape index (κ2) is 7.59. The van der Waals surface area contributed by atoms with Crippen molar-refractivity contribution in [2.45, 2.75) is 24.8 Å². The average molecular weight is 531 g/mol. The lowest BCUT2D eigenvalue weighted by atomic mass is 10.1. The minimum absolute atomic E-state index is 0.241. The van der Waals surface area contributed by atoms with Gasteiger partial charge in [0.05, 0.1) is 24.3 Å². The highest BCUT2D eigenvalue weighted by molar-refractivity contribution is 14.1. The van der Waals surface area contributed by atoms with E-state index >= 15 is 0 Å². The van der Waals surface area contributed by atoms with Crippen LogP contribution in [0.1, 0.15) is 18.2 Å². The summed E-state index contributed by atoms with van der Waals surface area (Å²) in [7, 11) is 0. The van der Waals surface area contributed by atoms with Gasteiger partial charge in [-0.05, 0) is 32.2 Å². The molecule has 0 spiro atoms. The van der Waals surface area contributed by atoms with Crippen molar-refractivity contribution in [3.05, 3.63) is 47.1 Å². The molecule has 3 atom stereocenters. The predicted molar refractivity (Wildman–Crippen MR) is 95.9 cm³/mol. The van der Waals surface area contributed by atoms with E-state index in [9.17, 15) is 14.7 Å². The van der Waals surface area contributed by atoms with Gasteiger partial charge in [0.2, 0.25) is 0 Å². The molecule has 1 aromatic rings. The number of rotatable bonds is 4. The standard InChI is InChI=1S/C11H11I2N5O4/c12-2-6(13)5-3-18(11(21)15-10(5)20)9-1-7(16-17-14)8(4-19)22-9/h2-3,7-9,19H,1,4H2,(H,15,20,21)/b6-2+/t7-,8+,9+/m0/s1. The quantitative estimate of drug-likeness (QED) is 0.265. The Kier molecular flexibility index (Phi) is 6.02. The molecule has 1 saturated heterocycles. The number of ether oxygens (including phenoxy) is 1. The van der Waals surface area contributed by atoms with Crippen LogP contribution in [0.2, 0.25) is 0 Å². The molecular weight excluding hydrogens is 520 g/mol. The number of aliphatic hydroxyl groups excluding tert-OH is 1. The molecule has 11 heteroatoms. The highest BCUT2D eigenvalue weighted by Gasteiger charge is 2.35. The first kappa shape index (κ1) is 17.5. The summed E-state index contributed by atoms with van der Waals surface area (Å²) in [6.07, 6.45) is 0.262. The number of aliphatic hydroxyl groups is 1. The summed E-state index contributed by atoms with van der Waals surface area (Å²) in [5.41, 5.74) is 7.77. The number of hydrogen-bond donors (Lipinski definition) is 2. The van der Waals surface area contributed by atoms with Crippen LogP contribution in [0.3, 0.4) is 0 Å². The first-order chi connectivity index (χ1) is 10.5. The number of H-pyrrole nitrogens is 1. The van der Waals surface area contributed by atoms with Crippen LogP contribution in [0.5, 0.6) is 0 Å². The molecule has 0 aliphatic carbocycles. The SMILES string of the molecule is [N-]=[N+]=N[C@H]1C[C@H](n2cc(/C(I)=C\I)c(=O)[nH]c2=O)O[C@@H]1CO. The van der Waals surface area contributed by atoms with E-state index < -0.39 is 29.6 Å². The summed E-state index contributed by atoms with van der Waals surface area (Å²) in [6.45, 7) is -0.323. The zero-order valence-electron chi connectivity index (χ0n) is 11.0. The number of aromatic nitrogens is 2. The second-order valence-corrected chi connectivity index (χ2v) is 6.27. The van der Waals surface area contributed by atoms with Gasteiger partial charge in [0.15, 0.2) is 0 Å². The molecule has 9 nitrogen and oxygen atoms in total. The number of hydrogen-bond acceptors (Lipinski definition) is 5. The maximum absolute atomic E-state index is 12.0. The molecular formula is C11H11I2N5O4. The van der Waals surface area contributed by atoms with Crippen LogP contribution in [0.4, 0.5) is 0 Å². The van der Waals surface area contributed by atoms with Crippen LogP contribution in [0.15, 0.2) is 25.0 Å². The van der Waals surface area contributed by atoms with E-state index in [1.807, 2.05) is 45.2 Å². The summed E-state index contributed by atoms with van der Waals surface area (Å²) in [5, 5.41) is 12.8. The van der Waals surface area contributed by atoms with Gasteiger partial charge < -0.3 is 9.84 Å². The largest absolute Gasteiger partial charge is 0.394 e. The van der Waals surface area contributed by atoms with Gasteiger partial charge in [-0.1, -0.05) is 27.7 Å². The summed E-state index contributed by atoms with van der Waals surface area (Å²) in [6, 6.07) is -0.568. The number of nitrogens with zero attached hydrogens (tertiary/aromatic N) is 4. The van der Waals surface area contributed by atoms with E-state index in [0.717, 1.165) is 0 Å². The van der Waals surface area contributed by atoms with Crippen LogP contribution in [-0.4, -0.2) is 33.4 Å². The van der Waals surface area contributed by atoms with Gasteiger partial charge >= 0.3 is 5.69 Å². The molecule has 1 aliphatic heterocycles. The Morgan fingerprint density at radius 2 is 2.41 bits per heavy atom. The van der Waals surface area contributed by atoms with Gasteiger partial charge in [0, 0.05) is 21.1 Å². The first-order valence-electron chi connectivity index (χ1n) is 6.14. The first-order valence-corrected chi connectivity index (χ1v) is 8.46. The highest BCUT2D eigenvalue weighted by Crippen LogP contribution is 2.30. The third-order valence-corrected chi connectivity index (χ3v) is 5.92. The Morgan fingerprint density at radius 1 is 1.68 bits per heavy atom. The zero-order chi connectivity index (χ0) is 16.3. The van der Waals surface area contributed by atoms with Crippen molar-refractivity contribution in [3.8, 4) is 0 Å². The summed E-state index contributed by atoms with van der Waals surface area (Å²) < 4.78 is 9.19. The topological polar surface area (TPSA) is 133 Å². The second-order valence-electron chi connectivity index (χ2n) is 4.49. The molecule has 0 aromatic carbocycles. The van der Waals surface area contributed by atoms with Crippen molar-refractivity contribution in [2.75, 3.05) is 6.61 Å². The van der Waals surface area contributed by atoms with Crippen LogP contribution in [-0.2, 0) is 4.74 Å². The molecule has 2 heterocycles. The zero-order valence-corrected chi connectivity index (χ0v) is 15.3. The fourth-order valence-electron chi connectivity index (χ4n) is 2.17. The van der Waals surface area contributed by atoms with Crippen molar-refractivity contribution >= 4 is 48.8 Å². The van der Waals surface area contributed by atoms with Gasteiger partial charge in [0.1, 0.15) is 6.23 Å². The molecule has 0 radical (unpaired) electrons. The number of azide groups is 1. The van der Waals surface area contributed by atoms with Gasteiger partial charge in [-0.15, -0.1) is 0 Å². The molecule has 2 N–H and O–H groups in total. The number of nitrogens with one attached hydrogen (secondary N) is 1. The van der Waals surface area contributed by atoms with E-state index in [4.69, 9.17) is 10.3 Å². The van der Waals surface area contributed by atoms with Crippen molar-refractivity contribution in [1.82, 2.24) is 9.55 Å². The van der Waals surface area contributed by atoms with Gasteiger partial charge in [-0.2, -0.15) is 0 Å². The Bertz CT molecular complexity index is 752. The fourth-order valence-corrected chi connectivity index (χ4v) is 2.89. The minimum atomic E-state index is -0.714. The highest BCUT2D eigenvalue weighted by atomic mass is 127. The van der Waals surface area contributed by atoms with E-state index in [2.05, 4.69) is 15.0 Å². The molecule has 0 unspecified atom stereocenters. The minimum Gasteiger partial charge on any atom is -0.394 e. The Labute approximate surface area is 151 Å². The molecule has 22 heavy (non-hydrogen) atoms. The normalized spacial score (nSPS) is 25.0. The third-order valence-electron chi connectivity index (χ3n) is 3.22. The Balaban J connectivity index is 2.43. The maximum Gasteiger partial charge on any atom is 0.330 e. The third kappa shape index (κ3) is 3.53. The molecule has 1 fully saturated rings.